The molecule has 15 heavy (non-hydrogen) atoms. The summed E-state index contributed by atoms with van der Waals surface area (Å²) in [4.78, 5) is 0. The molecule has 5 heteroatoms. The number of rotatable bonds is 3. The highest BCUT2D eigenvalue weighted by atomic mass is 35.5. The summed E-state index contributed by atoms with van der Waals surface area (Å²) in [5, 5.41) is 13.8. The zero-order valence-corrected chi connectivity index (χ0v) is 9.77. The van der Waals surface area contributed by atoms with E-state index in [0.717, 1.165) is 22.1 Å². The summed E-state index contributed by atoms with van der Waals surface area (Å²) in [5.41, 5.74) is 0.944. The third kappa shape index (κ3) is 2.34. The molecule has 0 aliphatic rings. The van der Waals surface area contributed by atoms with E-state index in [0.29, 0.717) is 5.02 Å². The average molecular weight is 240 g/mol. The molecule has 0 spiro atoms. The van der Waals surface area contributed by atoms with Crippen LogP contribution in [0.2, 0.25) is 5.02 Å². The van der Waals surface area contributed by atoms with E-state index >= 15 is 0 Å². The van der Waals surface area contributed by atoms with E-state index in [1.165, 1.54) is 0 Å². The van der Waals surface area contributed by atoms with Crippen molar-refractivity contribution in [3.8, 4) is 10.6 Å². The summed E-state index contributed by atoms with van der Waals surface area (Å²) in [7, 11) is 1.89. The van der Waals surface area contributed by atoms with Gasteiger partial charge in [0.15, 0.2) is 0 Å². The minimum Gasteiger partial charge on any atom is -0.313 e. The molecule has 0 saturated carbocycles. The van der Waals surface area contributed by atoms with Crippen LogP contribution in [0.5, 0.6) is 0 Å². The summed E-state index contributed by atoms with van der Waals surface area (Å²) in [5.74, 6) is 0. The molecule has 78 valence electrons. The van der Waals surface area contributed by atoms with Crippen LogP contribution in [0.25, 0.3) is 10.6 Å². The fourth-order valence-electron chi connectivity index (χ4n) is 1.22. The van der Waals surface area contributed by atoms with Gasteiger partial charge in [-0.25, -0.2) is 0 Å². The van der Waals surface area contributed by atoms with E-state index < -0.39 is 0 Å². The number of hydrogen-bond acceptors (Lipinski definition) is 4. The second-order valence-electron chi connectivity index (χ2n) is 3.01. The van der Waals surface area contributed by atoms with Crippen LogP contribution in [-0.4, -0.2) is 17.2 Å². The van der Waals surface area contributed by atoms with Crippen molar-refractivity contribution in [2.75, 3.05) is 7.05 Å². The van der Waals surface area contributed by atoms with Crippen molar-refractivity contribution in [2.45, 2.75) is 6.54 Å². The lowest BCUT2D eigenvalue weighted by Gasteiger charge is -1.96. The molecule has 0 bridgehead atoms. The van der Waals surface area contributed by atoms with Gasteiger partial charge in [0.1, 0.15) is 10.0 Å². The van der Waals surface area contributed by atoms with Crippen LogP contribution < -0.4 is 5.32 Å². The van der Waals surface area contributed by atoms with Crippen molar-refractivity contribution < 1.29 is 0 Å². The summed E-state index contributed by atoms with van der Waals surface area (Å²) in [6.07, 6.45) is 0. The van der Waals surface area contributed by atoms with Gasteiger partial charge in [-0.3, -0.25) is 0 Å². The van der Waals surface area contributed by atoms with Crippen LogP contribution in [0, 0.1) is 0 Å². The van der Waals surface area contributed by atoms with Crippen LogP contribution in [0.15, 0.2) is 24.3 Å². The van der Waals surface area contributed by atoms with Gasteiger partial charge in [-0.15, -0.1) is 10.2 Å². The molecule has 0 fully saturated rings. The molecule has 0 saturated heterocycles. The Morgan fingerprint density at radius 1 is 1.33 bits per heavy atom. The Balaban J connectivity index is 2.33. The smallest absolute Gasteiger partial charge is 0.149 e. The van der Waals surface area contributed by atoms with Gasteiger partial charge in [0.05, 0.1) is 5.02 Å². The normalized spacial score (nSPS) is 10.5. The molecule has 0 aliphatic heterocycles. The maximum absolute atomic E-state index is 6.07. The second kappa shape index (κ2) is 4.70. The van der Waals surface area contributed by atoms with E-state index in [9.17, 15) is 0 Å². The first-order valence-corrected chi connectivity index (χ1v) is 5.72. The Morgan fingerprint density at radius 2 is 2.13 bits per heavy atom. The number of nitrogens with one attached hydrogen (secondary N) is 1. The summed E-state index contributed by atoms with van der Waals surface area (Å²) in [6.45, 7) is 0.738. The van der Waals surface area contributed by atoms with Gasteiger partial charge >= 0.3 is 0 Å². The molecular formula is C10H10ClN3S. The van der Waals surface area contributed by atoms with E-state index in [-0.39, 0.29) is 0 Å². The van der Waals surface area contributed by atoms with Gasteiger partial charge < -0.3 is 5.32 Å². The van der Waals surface area contributed by atoms with E-state index in [2.05, 4.69) is 15.5 Å². The van der Waals surface area contributed by atoms with Gasteiger partial charge in [-0.05, 0) is 13.1 Å². The third-order valence-corrected chi connectivity index (χ3v) is 3.19. The molecule has 1 aromatic carbocycles. The largest absolute Gasteiger partial charge is 0.313 e. The number of aromatic nitrogens is 2. The predicted octanol–water partition coefficient (Wildman–Crippen LogP) is 2.58. The maximum Gasteiger partial charge on any atom is 0.149 e. The molecule has 1 N–H and O–H groups in total. The van der Waals surface area contributed by atoms with Crippen LogP contribution in [0.4, 0.5) is 0 Å². The highest BCUT2D eigenvalue weighted by Gasteiger charge is 2.08. The predicted molar refractivity (Wildman–Crippen MR) is 63.1 cm³/mol. The number of benzene rings is 1. The fourth-order valence-corrected chi connectivity index (χ4v) is 2.39. The lowest BCUT2D eigenvalue weighted by molar-refractivity contribution is 0.795. The quantitative estimate of drug-likeness (QED) is 0.895. The molecule has 2 aromatic rings. The minimum atomic E-state index is 0.713. The van der Waals surface area contributed by atoms with Gasteiger partial charge in [0.25, 0.3) is 0 Å². The fraction of sp³-hybridized carbons (Fsp3) is 0.200. The molecule has 0 aliphatic carbocycles. The monoisotopic (exact) mass is 239 g/mol. The lowest BCUT2D eigenvalue weighted by atomic mass is 10.2. The highest BCUT2D eigenvalue weighted by molar-refractivity contribution is 7.14. The van der Waals surface area contributed by atoms with Gasteiger partial charge in [0, 0.05) is 12.1 Å². The Morgan fingerprint density at radius 3 is 2.87 bits per heavy atom. The summed E-state index contributed by atoms with van der Waals surface area (Å²) < 4.78 is 0. The number of hydrogen-bond donors (Lipinski definition) is 1. The molecule has 1 aromatic heterocycles. The Labute approximate surface area is 97.1 Å². The molecule has 0 radical (unpaired) electrons. The molecule has 0 unspecified atom stereocenters. The molecule has 0 atom stereocenters. The van der Waals surface area contributed by atoms with Gasteiger partial charge in [0.2, 0.25) is 0 Å². The van der Waals surface area contributed by atoms with E-state index in [4.69, 9.17) is 11.6 Å². The molecule has 1 heterocycles. The summed E-state index contributed by atoms with van der Waals surface area (Å²) >= 11 is 7.62. The van der Waals surface area contributed by atoms with Crippen molar-refractivity contribution in [1.82, 2.24) is 15.5 Å². The van der Waals surface area contributed by atoms with Crippen molar-refractivity contribution in [1.29, 1.82) is 0 Å². The standard InChI is InChI=1S/C10H10ClN3S/c1-12-6-9-13-14-10(15-9)7-4-2-3-5-8(7)11/h2-5,12H,6H2,1H3. The van der Waals surface area contributed by atoms with E-state index in [1.807, 2.05) is 31.3 Å². The van der Waals surface area contributed by atoms with Gasteiger partial charge in [-0.1, -0.05) is 41.1 Å². The van der Waals surface area contributed by atoms with Crippen LogP contribution in [0.3, 0.4) is 0 Å². The SMILES string of the molecule is CNCc1nnc(-c2ccccc2Cl)s1. The first kappa shape index (κ1) is 10.5. The first-order chi connectivity index (χ1) is 7.31. The first-order valence-electron chi connectivity index (χ1n) is 4.53. The highest BCUT2D eigenvalue weighted by Crippen LogP contribution is 2.29. The van der Waals surface area contributed by atoms with Crippen LogP contribution in [0.1, 0.15) is 5.01 Å². The Kier molecular flexibility index (Phi) is 3.30. The molecule has 3 nitrogen and oxygen atoms in total. The number of nitrogens with zero attached hydrogens (tertiary/aromatic N) is 2. The Bertz CT molecular complexity index is 455. The van der Waals surface area contributed by atoms with Crippen LogP contribution in [-0.2, 0) is 6.54 Å². The third-order valence-electron chi connectivity index (χ3n) is 1.90. The second-order valence-corrected chi connectivity index (χ2v) is 4.48. The lowest BCUT2D eigenvalue weighted by Crippen LogP contribution is -2.04. The van der Waals surface area contributed by atoms with Crippen molar-refractivity contribution in [3.63, 3.8) is 0 Å². The van der Waals surface area contributed by atoms with Crippen LogP contribution >= 0.6 is 22.9 Å². The van der Waals surface area contributed by atoms with Crippen molar-refractivity contribution >= 4 is 22.9 Å². The topological polar surface area (TPSA) is 37.8 Å². The molecule has 0 amide bonds. The molecule has 2 rings (SSSR count). The van der Waals surface area contributed by atoms with Crippen molar-refractivity contribution in [3.05, 3.63) is 34.3 Å². The number of halogens is 1. The van der Waals surface area contributed by atoms with Crippen molar-refractivity contribution in [2.24, 2.45) is 0 Å². The zero-order valence-electron chi connectivity index (χ0n) is 8.20. The average Bonchev–Trinajstić information content (AvgIpc) is 2.68. The minimum absolute atomic E-state index is 0.713. The van der Waals surface area contributed by atoms with E-state index in [1.54, 1.807) is 11.3 Å². The Hall–Kier alpha value is -0.970. The van der Waals surface area contributed by atoms with Gasteiger partial charge in [-0.2, -0.15) is 0 Å². The maximum atomic E-state index is 6.07. The summed E-state index contributed by atoms with van der Waals surface area (Å²) in [6, 6.07) is 7.66. The molecular weight excluding hydrogens is 230 g/mol. The zero-order chi connectivity index (χ0) is 10.7.